The molecule has 1 N–H and O–H groups in total. The lowest BCUT2D eigenvalue weighted by atomic mass is 10.0. The molecule has 7 nitrogen and oxygen atoms in total. The van der Waals surface area contributed by atoms with E-state index in [9.17, 15) is 31.7 Å². The summed E-state index contributed by atoms with van der Waals surface area (Å²) in [7, 11) is -5.67. The molecule has 1 aromatic heterocycles. The van der Waals surface area contributed by atoms with Crippen molar-refractivity contribution in [3.63, 3.8) is 0 Å². The molecule has 0 saturated heterocycles. The number of sulfone groups is 1. The maximum Gasteiger partial charge on any atom is 0.501 e. The predicted octanol–water partition coefficient (Wildman–Crippen LogP) is 4.40. The van der Waals surface area contributed by atoms with Crippen LogP contribution in [0.2, 0.25) is 0 Å². The first-order valence-corrected chi connectivity index (χ1v) is 10.7. The van der Waals surface area contributed by atoms with Gasteiger partial charge in [0.15, 0.2) is 0 Å². The third-order valence-corrected chi connectivity index (χ3v) is 7.21. The molecule has 1 aromatic carbocycles. The number of nitro groups is 1. The van der Waals surface area contributed by atoms with E-state index >= 15 is 0 Å². The molecule has 1 aliphatic carbocycles. The number of fused-ring (bicyclic) bond motifs is 1. The van der Waals surface area contributed by atoms with Crippen LogP contribution in [-0.2, 0) is 22.7 Å². The summed E-state index contributed by atoms with van der Waals surface area (Å²) in [6.45, 7) is 1.73. The highest BCUT2D eigenvalue weighted by molar-refractivity contribution is 7.92. The molecule has 1 heterocycles. The van der Waals surface area contributed by atoms with Crippen LogP contribution in [0.3, 0.4) is 0 Å². The molecule has 0 aliphatic heterocycles. The fourth-order valence-electron chi connectivity index (χ4n) is 2.94. The molecule has 0 radical (unpaired) electrons. The molecule has 0 fully saturated rings. The van der Waals surface area contributed by atoms with Gasteiger partial charge in [0.05, 0.1) is 21.6 Å². The van der Waals surface area contributed by atoms with Crippen molar-refractivity contribution in [1.82, 2.24) is 4.98 Å². The molecule has 1 atom stereocenters. The van der Waals surface area contributed by atoms with E-state index in [1.54, 1.807) is 6.92 Å². The van der Waals surface area contributed by atoms with Gasteiger partial charge in [-0.25, -0.2) is 13.4 Å². The fraction of sp³-hybridized carbons (Fsp3) is 0.438. The minimum absolute atomic E-state index is 0.0770. The quantitative estimate of drug-likeness (QED) is 0.552. The number of thiazole rings is 1. The van der Waals surface area contributed by atoms with Crippen molar-refractivity contribution >= 4 is 32.5 Å². The number of alkyl halides is 3. The number of hydrogen-bond acceptors (Lipinski definition) is 7. The summed E-state index contributed by atoms with van der Waals surface area (Å²) in [5.74, 6) is 0. The molecular formula is C16H16F3N3O4S2. The molecule has 28 heavy (non-hydrogen) atoms. The molecule has 3 rings (SSSR count). The number of nitro benzene ring substituents is 1. The first kappa shape index (κ1) is 20.5. The van der Waals surface area contributed by atoms with Crippen LogP contribution in [0.4, 0.5) is 24.5 Å². The Bertz CT molecular complexity index is 995. The monoisotopic (exact) mass is 435 g/mol. The predicted molar refractivity (Wildman–Crippen MR) is 97.1 cm³/mol. The smallest absolute Gasteiger partial charge is 0.371 e. The minimum atomic E-state index is -5.67. The van der Waals surface area contributed by atoms with Gasteiger partial charge < -0.3 is 5.32 Å². The van der Waals surface area contributed by atoms with Crippen molar-refractivity contribution in [3.05, 3.63) is 43.9 Å². The van der Waals surface area contributed by atoms with Crippen molar-refractivity contribution in [2.24, 2.45) is 0 Å². The normalized spacial score (nSPS) is 15.7. The number of hydrogen-bond donors (Lipinski definition) is 1. The Morgan fingerprint density at radius 1 is 1.29 bits per heavy atom. The lowest BCUT2D eigenvalue weighted by Gasteiger charge is -2.14. The first-order valence-electron chi connectivity index (χ1n) is 8.35. The third kappa shape index (κ3) is 3.83. The number of aromatic nitrogens is 1. The van der Waals surface area contributed by atoms with Crippen LogP contribution < -0.4 is 5.32 Å². The molecule has 0 spiro atoms. The second kappa shape index (κ2) is 7.32. The van der Waals surface area contributed by atoms with Crippen molar-refractivity contribution < 1.29 is 26.5 Å². The van der Waals surface area contributed by atoms with Gasteiger partial charge in [-0.05, 0) is 44.7 Å². The molecular weight excluding hydrogens is 419 g/mol. The Labute approximate surface area is 162 Å². The number of nitrogens with one attached hydrogen (secondary N) is 1. The summed E-state index contributed by atoms with van der Waals surface area (Å²) < 4.78 is 61.2. The van der Waals surface area contributed by atoms with Gasteiger partial charge in [0.25, 0.3) is 15.5 Å². The van der Waals surface area contributed by atoms with Gasteiger partial charge in [-0.15, -0.1) is 11.3 Å². The number of rotatable bonds is 5. The van der Waals surface area contributed by atoms with Crippen LogP contribution in [0.25, 0.3) is 0 Å². The molecule has 0 bridgehead atoms. The highest BCUT2D eigenvalue weighted by atomic mass is 32.2. The van der Waals surface area contributed by atoms with E-state index in [-0.39, 0.29) is 5.69 Å². The van der Waals surface area contributed by atoms with E-state index in [1.807, 2.05) is 0 Å². The molecule has 12 heteroatoms. The van der Waals surface area contributed by atoms with Crippen LogP contribution >= 0.6 is 11.3 Å². The van der Waals surface area contributed by atoms with E-state index < -0.39 is 36.9 Å². The van der Waals surface area contributed by atoms with E-state index in [0.29, 0.717) is 17.1 Å². The number of anilines is 1. The minimum Gasteiger partial charge on any atom is -0.371 e. The average Bonchev–Trinajstić information content (AvgIpc) is 3.05. The number of aryl methyl sites for hydroxylation is 2. The van der Waals surface area contributed by atoms with Crippen molar-refractivity contribution in [2.75, 3.05) is 5.32 Å². The standard InChI is InChI=1S/C16H16F3N3O4S2/c1-9(15-21-12-4-2-3-5-14(12)27-15)20-11-7-6-10(8-13(11)22(23)24)28(25,26)16(17,18)19/h6-9,20H,2-5H2,1H3. The lowest BCUT2D eigenvalue weighted by molar-refractivity contribution is -0.384. The summed E-state index contributed by atoms with van der Waals surface area (Å²) in [6, 6.07) is 1.67. The zero-order chi connectivity index (χ0) is 20.7. The summed E-state index contributed by atoms with van der Waals surface area (Å²) >= 11 is 1.50. The average molecular weight is 435 g/mol. The lowest BCUT2D eigenvalue weighted by Crippen LogP contribution is -2.23. The van der Waals surface area contributed by atoms with Gasteiger partial charge in [-0.2, -0.15) is 13.2 Å². The second-order valence-corrected chi connectivity index (χ2v) is 9.44. The Kier molecular flexibility index (Phi) is 5.36. The van der Waals surface area contributed by atoms with Crippen molar-refractivity contribution in [3.8, 4) is 0 Å². The zero-order valence-corrected chi connectivity index (χ0v) is 16.2. The second-order valence-electron chi connectivity index (χ2n) is 6.38. The summed E-state index contributed by atoms with van der Waals surface area (Å²) in [5.41, 5.74) is -5.35. The summed E-state index contributed by atoms with van der Waals surface area (Å²) in [4.78, 5) is 14.9. The van der Waals surface area contributed by atoms with E-state index in [4.69, 9.17) is 0 Å². The van der Waals surface area contributed by atoms with Gasteiger partial charge in [0, 0.05) is 10.9 Å². The van der Waals surface area contributed by atoms with Crippen LogP contribution in [0.15, 0.2) is 23.1 Å². The Hall–Kier alpha value is -2.21. The fourth-order valence-corrected chi connectivity index (χ4v) is 4.87. The summed E-state index contributed by atoms with van der Waals surface area (Å²) in [6.07, 6.45) is 3.95. The Morgan fingerprint density at radius 3 is 2.57 bits per heavy atom. The number of halogens is 3. The molecule has 1 aliphatic rings. The zero-order valence-electron chi connectivity index (χ0n) is 14.6. The maximum atomic E-state index is 12.7. The molecule has 1 unspecified atom stereocenters. The first-order chi connectivity index (χ1) is 13.0. The van der Waals surface area contributed by atoms with Gasteiger partial charge in [0.1, 0.15) is 10.7 Å². The summed E-state index contributed by atoms with van der Waals surface area (Å²) in [5, 5.41) is 14.9. The number of nitrogens with zero attached hydrogens (tertiary/aromatic N) is 2. The van der Waals surface area contributed by atoms with E-state index in [1.165, 1.54) is 16.2 Å². The largest absolute Gasteiger partial charge is 0.501 e. The van der Waals surface area contributed by atoms with Gasteiger partial charge in [-0.1, -0.05) is 0 Å². The Balaban J connectivity index is 1.91. The molecule has 0 saturated carbocycles. The van der Waals surface area contributed by atoms with Crippen molar-refractivity contribution in [1.29, 1.82) is 0 Å². The number of benzene rings is 1. The van der Waals surface area contributed by atoms with Crippen molar-refractivity contribution in [2.45, 2.75) is 49.1 Å². The molecule has 2 aromatic rings. The highest BCUT2D eigenvalue weighted by Gasteiger charge is 2.47. The van der Waals surface area contributed by atoms with Gasteiger partial charge in [-0.3, -0.25) is 10.1 Å². The molecule has 152 valence electrons. The van der Waals surface area contributed by atoms with Gasteiger partial charge >= 0.3 is 5.51 Å². The third-order valence-electron chi connectivity index (χ3n) is 4.39. The van der Waals surface area contributed by atoms with E-state index in [2.05, 4.69) is 10.3 Å². The van der Waals surface area contributed by atoms with Crippen LogP contribution in [0.5, 0.6) is 0 Å². The molecule has 0 amide bonds. The SMILES string of the molecule is CC(Nc1ccc(S(=O)(=O)C(F)(F)F)cc1[N+](=O)[O-])c1nc2c(s1)CCCC2. The Morgan fingerprint density at radius 2 is 1.96 bits per heavy atom. The topological polar surface area (TPSA) is 102 Å². The van der Waals surface area contributed by atoms with Crippen LogP contribution in [0, 0.1) is 10.1 Å². The maximum absolute atomic E-state index is 12.7. The van der Waals surface area contributed by atoms with E-state index in [0.717, 1.165) is 37.4 Å². The van der Waals surface area contributed by atoms with Crippen LogP contribution in [0.1, 0.15) is 41.4 Å². The van der Waals surface area contributed by atoms with Crippen LogP contribution in [-0.4, -0.2) is 23.8 Å². The highest BCUT2D eigenvalue weighted by Crippen LogP contribution is 2.37. The van der Waals surface area contributed by atoms with Gasteiger partial charge in [0.2, 0.25) is 0 Å².